The number of nitrogens with zero attached hydrogens (tertiary/aromatic N) is 1. The lowest BCUT2D eigenvalue weighted by Gasteiger charge is -2.39. The lowest BCUT2D eigenvalue weighted by atomic mass is 9.96. The second-order valence-electron chi connectivity index (χ2n) is 4.98. The second-order valence-corrected chi connectivity index (χ2v) is 5.79. The van der Waals surface area contributed by atoms with Gasteiger partial charge in [-0.1, -0.05) is 30.3 Å². The molecule has 2 aromatic rings. The first-order valence-corrected chi connectivity index (χ1v) is 7.49. The minimum absolute atomic E-state index is 0.450. The largest absolute Gasteiger partial charge is 0.489 e. The highest BCUT2D eigenvalue weighted by Gasteiger charge is 2.42. The Morgan fingerprint density at radius 3 is 2.62 bits per heavy atom. The number of ether oxygens (including phenoxy) is 3. The average Bonchev–Trinajstić information content (AvgIpc) is 2.45. The summed E-state index contributed by atoms with van der Waals surface area (Å²) in [6.45, 7) is 1.56. The lowest BCUT2D eigenvalue weighted by molar-refractivity contribution is -0.204. The Morgan fingerprint density at radius 2 is 2.00 bits per heavy atom. The van der Waals surface area contributed by atoms with E-state index in [0.717, 1.165) is 21.6 Å². The van der Waals surface area contributed by atoms with Crippen molar-refractivity contribution in [1.29, 1.82) is 0 Å². The van der Waals surface area contributed by atoms with Gasteiger partial charge in [-0.05, 0) is 21.5 Å². The molecule has 1 saturated heterocycles. The first kappa shape index (κ1) is 14.5. The topological polar surface area (TPSA) is 40.6 Å². The Hall–Kier alpha value is -1.43. The summed E-state index contributed by atoms with van der Waals surface area (Å²) in [7, 11) is 1.68. The van der Waals surface area contributed by atoms with Crippen molar-refractivity contribution in [1.82, 2.24) is 4.98 Å². The molecule has 0 amide bonds. The molecule has 0 unspecified atom stereocenters. The summed E-state index contributed by atoms with van der Waals surface area (Å²) in [6, 6.07) is 13.8. The van der Waals surface area contributed by atoms with Gasteiger partial charge in [0.15, 0.2) is 5.60 Å². The molecule has 1 aromatic carbocycles. The molecule has 2 heterocycles. The molecule has 110 valence electrons. The van der Waals surface area contributed by atoms with Crippen LogP contribution in [-0.4, -0.2) is 25.3 Å². The van der Waals surface area contributed by atoms with Gasteiger partial charge in [0.25, 0.3) is 0 Å². The number of benzene rings is 1. The molecule has 0 bridgehead atoms. The molecule has 0 saturated carbocycles. The predicted octanol–water partition coefficient (Wildman–Crippen LogP) is 3.30. The summed E-state index contributed by atoms with van der Waals surface area (Å²) in [5.74, 6) is 0.763. The zero-order valence-electron chi connectivity index (χ0n) is 11.7. The van der Waals surface area contributed by atoms with Crippen LogP contribution in [0.1, 0.15) is 11.3 Å². The van der Waals surface area contributed by atoms with Gasteiger partial charge in [-0.2, -0.15) is 0 Å². The number of methoxy groups -OCH3 is 1. The fraction of sp³-hybridized carbons (Fsp3) is 0.312. The van der Waals surface area contributed by atoms with E-state index in [1.165, 1.54) is 0 Å². The number of aromatic nitrogens is 1. The molecular weight excluding hydrogens is 334 g/mol. The van der Waals surface area contributed by atoms with Crippen LogP contribution in [-0.2, 0) is 21.7 Å². The molecule has 4 nitrogen and oxygen atoms in total. The Balaban J connectivity index is 1.78. The third-order valence-corrected chi connectivity index (χ3v) is 3.95. The van der Waals surface area contributed by atoms with Crippen molar-refractivity contribution < 1.29 is 14.2 Å². The molecule has 21 heavy (non-hydrogen) atoms. The highest BCUT2D eigenvalue weighted by Crippen LogP contribution is 2.34. The zero-order valence-corrected chi connectivity index (χ0v) is 13.3. The van der Waals surface area contributed by atoms with Crippen molar-refractivity contribution >= 4 is 15.9 Å². The Labute approximate surface area is 132 Å². The van der Waals surface area contributed by atoms with Gasteiger partial charge in [0.2, 0.25) is 0 Å². The number of halogens is 1. The SMILES string of the molecule is COC1(c2cc(OCc3ccccc3)cc(Br)n2)COC1. The van der Waals surface area contributed by atoms with Crippen molar-refractivity contribution in [2.24, 2.45) is 0 Å². The van der Waals surface area contributed by atoms with Gasteiger partial charge in [-0.15, -0.1) is 0 Å². The molecule has 1 aliphatic rings. The van der Waals surface area contributed by atoms with Crippen molar-refractivity contribution in [2.75, 3.05) is 20.3 Å². The highest BCUT2D eigenvalue weighted by atomic mass is 79.9. The van der Waals surface area contributed by atoms with Crippen LogP contribution in [0.25, 0.3) is 0 Å². The van der Waals surface area contributed by atoms with Crippen molar-refractivity contribution in [3.05, 3.63) is 58.3 Å². The van der Waals surface area contributed by atoms with E-state index >= 15 is 0 Å². The van der Waals surface area contributed by atoms with Crippen LogP contribution in [0.2, 0.25) is 0 Å². The Morgan fingerprint density at radius 1 is 1.24 bits per heavy atom. The maximum atomic E-state index is 5.86. The van der Waals surface area contributed by atoms with Crippen LogP contribution >= 0.6 is 15.9 Å². The molecule has 0 radical (unpaired) electrons. The van der Waals surface area contributed by atoms with Gasteiger partial charge in [-0.25, -0.2) is 4.98 Å². The standard InChI is InChI=1S/C16H16BrNO3/c1-19-16(10-20-11-16)14-7-13(8-15(17)18-14)21-9-12-5-3-2-4-6-12/h2-8H,9-11H2,1H3. The summed E-state index contributed by atoms with van der Waals surface area (Å²) >= 11 is 3.43. The first-order valence-electron chi connectivity index (χ1n) is 6.69. The minimum Gasteiger partial charge on any atom is -0.489 e. The summed E-state index contributed by atoms with van der Waals surface area (Å²) in [5, 5.41) is 0. The third-order valence-electron chi connectivity index (χ3n) is 3.54. The van der Waals surface area contributed by atoms with Crippen LogP contribution in [0.15, 0.2) is 47.1 Å². The van der Waals surface area contributed by atoms with Gasteiger partial charge in [0, 0.05) is 19.2 Å². The average molecular weight is 350 g/mol. The van der Waals surface area contributed by atoms with Crippen LogP contribution < -0.4 is 4.74 Å². The second kappa shape index (κ2) is 6.13. The maximum absolute atomic E-state index is 5.86. The quantitative estimate of drug-likeness (QED) is 0.776. The van der Waals surface area contributed by atoms with Crippen molar-refractivity contribution in [3.63, 3.8) is 0 Å². The molecule has 3 rings (SSSR count). The first-order chi connectivity index (χ1) is 10.2. The number of hydrogen-bond donors (Lipinski definition) is 0. The van der Waals surface area contributed by atoms with Gasteiger partial charge in [0.1, 0.15) is 17.0 Å². The smallest absolute Gasteiger partial charge is 0.156 e. The summed E-state index contributed by atoms with van der Waals surface area (Å²) in [5.41, 5.74) is 1.50. The third kappa shape index (κ3) is 3.10. The number of hydrogen-bond acceptors (Lipinski definition) is 4. The van der Waals surface area contributed by atoms with Crippen molar-refractivity contribution in [2.45, 2.75) is 12.2 Å². The summed E-state index contributed by atoms with van der Waals surface area (Å²) in [6.07, 6.45) is 0. The van der Waals surface area contributed by atoms with Crippen LogP contribution in [0.4, 0.5) is 0 Å². The normalized spacial score (nSPS) is 16.3. The van der Waals surface area contributed by atoms with Crippen LogP contribution in [0, 0.1) is 0 Å². The molecule has 0 aliphatic carbocycles. The van der Waals surface area contributed by atoms with Gasteiger partial charge in [-0.3, -0.25) is 0 Å². The van der Waals surface area contributed by atoms with E-state index in [0.29, 0.717) is 19.8 Å². The summed E-state index contributed by atoms with van der Waals surface area (Å²) < 4.78 is 17.4. The van der Waals surface area contributed by atoms with E-state index in [-0.39, 0.29) is 0 Å². The number of pyridine rings is 1. The van der Waals surface area contributed by atoms with E-state index < -0.39 is 5.60 Å². The van der Waals surface area contributed by atoms with E-state index in [2.05, 4.69) is 20.9 Å². The van der Waals surface area contributed by atoms with E-state index in [1.54, 1.807) is 7.11 Å². The predicted molar refractivity (Wildman–Crippen MR) is 82.2 cm³/mol. The Bertz CT molecular complexity index is 609. The molecule has 1 aromatic heterocycles. The maximum Gasteiger partial charge on any atom is 0.156 e. The molecule has 1 aliphatic heterocycles. The molecular formula is C16H16BrNO3. The van der Waals surface area contributed by atoms with E-state index in [1.807, 2.05) is 42.5 Å². The van der Waals surface area contributed by atoms with Crippen LogP contribution in [0.3, 0.4) is 0 Å². The van der Waals surface area contributed by atoms with E-state index in [9.17, 15) is 0 Å². The molecule has 5 heteroatoms. The monoisotopic (exact) mass is 349 g/mol. The molecule has 0 spiro atoms. The fourth-order valence-electron chi connectivity index (χ4n) is 2.19. The van der Waals surface area contributed by atoms with Crippen LogP contribution in [0.5, 0.6) is 5.75 Å². The van der Waals surface area contributed by atoms with Gasteiger partial charge >= 0.3 is 0 Å². The fourth-order valence-corrected chi connectivity index (χ4v) is 2.61. The summed E-state index contributed by atoms with van der Waals surface area (Å²) in [4.78, 5) is 4.49. The minimum atomic E-state index is -0.450. The Kier molecular flexibility index (Phi) is 4.24. The van der Waals surface area contributed by atoms with Gasteiger partial charge in [0.05, 0.1) is 18.9 Å². The molecule has 0 N–H and O–H groups in total. The van der Waals surface area contributed by atoms with E-state index in [4.69, 9.17) is 14.2 Å². The number of rotatable bonds is 5. The lowest BCUT2D eigenvalue weighted by Crippen LogP contribution is -2.48. The van der Waals surface area contributed by atoms with Crippen molar-refractivity contribution in [3.8, 4) is 5.75 Å². The zero-order chi connectivity index (χ0) is 14.7. The molecule has 1 fully saturated rings. The molecule has 0 atom stereocenters. The highest BCUT2D eigenvalue weighted by molar-refractivity contribution is 9.10. The van der Waals surface area contributed by atoms with Gasteiger partial charge < -0.3 is 14.2 Å².